The lowest BCUT2D eigenvalue weighted by Gasteiger charge is -2.17. The number of Topliss-reactive ketones (excluding diaryl/α,β-unsaturated/α-hetero) is 2. The Labute approximate surface area is 112 Å². The van der Waals surface area contributed by atoms with Crippen LogP contribution in [0.5, 0.6) is 0 Å². The number of furan rings is 1. The van der Waals surface area contributed by atoms with Gasteiger partial charge in [-0.3, -0.25) is 9.59 Å². The molecule has 0 fully saturated rings. The topological polar surface area (TPSA) is 47.3 Å². The van der Waals surface area contributed by atoms with Crippen LogP contribution in [0.4, 0.5) is 0 Å². The Morgan fingerprint density at radius 2 is 1.68 bits per heavy atom. The number of fused-ring (bicyclic) bond motifs is 1. The van der Waals surface area contributed by atoms with E-state index in [0.29, 0.717) is 0 Å². The van der Waals surface area contributed by atoms with Crippen molar-refractivity contribution >= 4 is 22.5 Å². The monoisotopic (exact) mass is 258 g/mol. The van der Waals surface area contributed by atoms with E-state index in [1.165, 1.54) is 13.8 Å². The van der Waals surface area contributed by atoms with Crippen LogP contribution in [0.2, 0.25) is 0 Å². The number of para-hydroxylation sites is 1. The van der Waals surface area contributed by atoms with Gasteiger partial charge in [-0.25, -0.2) is 0 Å². The summed E-state index contributed by atoms with van der Waals surface area (Å²) in [4.78, 5) is 23.3. The van der Waals surface area contributed by atoms with Gasteiger partial charge in [0.2, 0.25) is 0 Å². The lowest BCUT2D eigenvalue weighted by Crippen LogP contribution is -2.25. The molecule has 0 saturated heterocycles. The molecule has 0 aliphatic heterocycles. The SMILES string of the molecule is CC(=O)C(C(C)=O)C(C)c1oc2ccccc2c1C. The zero-order chi connectivity index (χ0) is 14.2. The fraction of sp³-hybridized carbons (Fsp3) is 0.375. The maximum absolute atomic E-state index is 11.7. The number of benzene rings is 1. The van der Waals surface area contributed by atoms with Crippen LogP contribution < -0.4 is 0 Å². The molecule has 1 aromatic heterocycles. The second kappa shape index (κ2) is 5.00. The number of aryl methyl sites for hydroxylation is 1. The van der Waals surface area contributed by atoms with Crippen LogP contribution in [-0.2, 0) is 9.59 Å². The van der Waals surface area contributed by atoms with E-state index in [2.05, 4.69) is 0 Å². The average molecular weight is 258 g/mol. The predicted octanol–water partition coefficient (Wildman–Crippen LogP) is 3.64. The van der Waals surface area contributed by atoms with Crippen LogP contribution in [0.1, 0.15) is 38.0 Å². The molecule has 100 valence electrons. The fourth-order valence-corrected chi connectivity index (χ4v) is 2.77. The quantitative estimate of drug-likeness (QED) is 0.786. The second-order valence-electron chi connectivity index (χ2n) is 5.08. The van der Waals surface area contributed by atoms with Gasteiger partial charge in [-0.05, 0) is 32.4 Å². The number of rotatable bonds is 4. The Bertz CT molecular complexity index is 622. The number of ketones is 2. The molecule has 2 rings (SSSR count). The van der Waals surface area contributed by atoms with Gasteiger partial charge in [-0.15, -0.1) is 0 Å². The van der Waals surface area contributed by atoms with Crippen molar-refractivity contribution in [3.8, 4) is 0 Å². The molecule has 19 heavy (non-hydrogen) atoms. The molecule has 2 aromatic rings. The molecule has 3 nitrogen and oxygen atoms in total. The van der Waals surface area contributed by atoms with E-state index in [1.807, 2.05) is 38.1 Å². The van der Waals surface area contributed by atoms with E-state index >= 15 is 0 Å². The van der Waals surface area contributed by atoms with Gasteiger partial charge in [0.15, 0.2) is 0 Å². The average Bonchev–Trinajstić information content (AvgIpc) is 2.66. The van der Waals surface area contributed by atoms with E-state index in [0.717, 1.165) is 22.3 Å². The smallest absolute Gasteiger partial charge is 0.140 e. The minimum absolute atomic E-state index is 0.111. The highest BCUT2D eigenvalue weighted by Gasteiger charge is 2.31. The minimum Gasteiger partial charge on any atom is -0.460 e. The third-order valence-corrected chi connectivity index (χ3v) is 3.67. The summed E-state index contributed by atoms with van der Waals surface area (Å²) in [5, 5.41) is 1.04. The summed E-state index contributed by atoms with van der Waals surface area (Å²) in [6.45, 7) is 6.76. The van der Waals surface area contributed by atoms with Gasteiger partial charge < -0.3 is 4.42 Å². The molecule has 1 unspecified atom stereocenters. The molecular weight excluding hydrogens is 240 g/mol. The van der Waals surface area contributed by atoms with Gasteiger partial charge in [-0.1, -0.05) is 25.1 Å². The highest BCUT2D eigenvalue weighted by atomic mass is 16.3. The van der Waals surface area contributed by atoms with Crippen LogP contribution in [-0.4, -0.2) is 11.6 Å². The third-order valence-electron chi connectivity index (χ3n) is 3.67. The summed E-state index contributed by atoms with van der Waals surface area (Å²) in [5.41, 5.74) is 1.81. The Hall–Kier alpha value is -1.90. The molecule has 0 radical (unpaired) electrons. The summed E-state index contributed by atoms with van der Waals surface area (Å²) in [6.07, 6.45) is 0. The molecular formula is C16H18O3. The largest absolute Gasteiger partial charge is 0.460 e. The number of hydrogen-bond donors (Lipinski definition) is 0. The zero-order valence-corrected chi connectivity index (χ0v) is 11.7. The molecule has 0 bridgehead atoms. The van der Waals surface area contributed by atoms with Crippen LogP contribution in [0.15, 0.2) is 28.7 Å². The van der Waals surface area contributed by atoms with Crippen LogP contribution in [0, 0.1) is 12.8 Å². The Kier molecular flexibility index (Phi) is 3.56. The van der Waals surface area contributed by atoms with Gasteiger partial charge in [0.1, 0.15) is 22.9 Å². The van der Waals surface area contributed by atoms with E-state index in [4.69, 9.17) is 4.42 Å². The van der Waals surface area contributed by atoms with Gasteiger partial charge in [0, 0.05) is 11.3 Å². The van der Waals surface area contributed by atoms with Gasteiger partial charge >= 0.3 is 0 Å². The van der Waals surface area contributed by atoms with E-state index < -0.39 is 5.92 Å². The van der Waals surface area contributed by atoms with Crippen molar-refractivity contribution in [1.82, 2.24) is 0 Å². The van der Waals surface area contributed by atoms with Crippen LogP contribution in [0.3, 0.4) is 0 Å². The van der Waals surface area contributed by atoms with Crippen LogP contribution in [0.25, 0.3) is 11.0 Å². The Morgan fingerprint density at radius 1 is 1.11 bits per heavy atom. The minimum atomic E-state index is -0.626. The van der Waals surface area contributed by atoms with Crippen molar-refractivity contribution in [2.75, 3.05) is 0 Å². The van der Waals surface area contributed by atoms with Crippen molar-refractivity contribution in [2.24, 2.45) is 5.92 Å². The third kappa shape index (κ3) is 2.33. The Balaban J connectivity index is 2.51. The maximum Gasteiger partial charge on any atom is 0.140 e. The summed E-state index contributed by atoms with van der Waals surface area (Å²) < 4.78 is 5.84. The molecule has 0 aliphatic rings. The number of carbonyl (C=O) groups excluding carboxylic acids is 2. The van der Waals surface area contributed by atoms with E-state index in [1.54, 1.807) is 0 Å². The van der Waals surface area contributed by atoms with E-state index in [9.17, 15) is 9.59 Å². The molecule has 0 spiro atoms. The standard InChI is InChI=1S/C16H18O3/c1-9-13-7-5-6-8-14(13)19-16(9)10(2)15(11(3)17)12(4)18/h5-8,10,15H,1-4H3. The molecule has 1 atom stereocenters. The second-order valence-corrected chi connectivity index (χ2v) is 5.08. The zero-order valence-electron chi connectivity index (χ0n) is 11.7. The molecule has 3 heteroatoms. The normalized spacial score (nSPS) is 12.9. The number of carbonyl (C=O) groups is 2. The van der Waals surface area contributed by atoms with Crippen molar-refractivity contribution in [1.29, 1.82) is 0 Å². The van der Waals surface area contributed by atoms with Crippen molar-refractivity contribution in [3.05, 3.63) is 35.6 Å². The Morgan fingerprint density at radius 3 is 2.21 bits per heavy atom. The highest BCUT2D eigenvalue weighted by Crippen LogP contribution is 2.34. The molecule has 1 aromatic carbocycles. The van der Waals surface area contributed by atoms with Gasteiger partial charge in [0.05, 0.1) is 5.92 Å². The summed E-state index contributed by atoms with van der Waals surface area (Å²) >= 11 is 0. The van der Waals surface area contributed by atoms with Crippen LogP contribution >= 0.6 is 0 Å². The maximum atomic E-state index is 11.7. The summed E-state index contributed by atoms with van der Waals surface area (Å²) in [7, 11) is 0. The first-order valence-electron chi connectivity index (χ1n) is 6.42. The predicted molar refractivity (Wildman–Crippen MR) is 74.2 cm³/mol. The summed E-state index contributed by atoms with van der Waals surface area (Å²) in [5.74, 6) is -0.349. The fourth-order valence-electron chi connectivity index (χ4n) is 2.77. The molecule has 0 amide bonds. The first kappa shape index (κ1) is 13.5. The van der Waals surface area contributed by atoms with Crippen molar-refractivity contribution in [3.63, 3.8) is 0 Å². The van der Waals surface area contributed by atoms with Crippen molar-refractivity contribution < 1.29 is 14.0 Å². The first-order chi connectivity index (χ1) is 8.93. The molecule has 0 aliphatic carbocycles. The molecule has 1 heterocycles. The summed E-state index contributed by atoms with van der Waals surface area (Å²) in [6, 6.07) is 7.75. The highest BCUT2D eigenvalue weighted by molar-refractivity contribution is 6.01. The molecule has 0 saturated carbocycles. The van der Waals surface area contributed by atoms with Gasteiger partial charge in [0.25, 0.3) is 0 Å². The number of hydrogen-bond acceptors (Lipinski definition) is 3. The van der Waals surface area contributed by atoms with Gasteiger partial charge in [-0.2, -0.15) is 0 Å². The van der Waals surface area contributed by atoms with Crippen molar-refractivity contribution in [2.45, 2.75) is 33.6 Å². The first-order valence-corrected chi connectivity index (χ1v) is 6.42. The van der Waals surface area contributed by atoms with E-state index in [-0.39, 0.29) is 17.5 Å². The molecule has 0 N–H and O–H groups in total. The lowest BCUT2D eigenvalue weighted by atomic mass is 9.84. The lowest BCUT2D eigenvalue weighted by molar-refractivity contribution is -0.131.